The largest absolute Gasteiger partial charge is 0.324 e. The monoisotopic (exact) mass is 291 g/mol. The third-order valence-electron chi connectivity index (χ3n) is 1.75. The van der Waals surface area contributed by atoms with Gasteiger partial charge >= 0.3 is 0 Å². The minimum atomic E-state index is 0.138. The van der Waals surface area contributed by atoms with Gasteiger partial charge in [-0.15, -0.1) is 0 Å². The van der Waals surface area contributed by atoms with Crippen LogP contribution in [0.3, 0.4) is 0 Å². The van der Waals surface area contributed by atoms with Crippen LogP contribution in [0.2, 0.25) is 0 Å². The Balaban J connectivity index is 3.00. The van der Waals surface area contributed by atoms with Gasteiger partial charge in [-0.25, -0.2) is 0 Å². The van der Waals surface area contributed by atoms with E-state index in [4.69, 9.17) is 5.73 Å². The van der Waals surface area contributed by atoms with Gasteiger partial charge in [0.2, 0.25) is 0 Å². The maximum absolute atomic E-state index is 5.89. The zero-order chi connectivity index (χ0) is 9.14. The van der Waals surface area contributed by atoms with Crippen LogP contribution in [0, 0.1) is 0 Å². The molecule has 66 valence electrons. The molecule has 0 saturated carbocycles. The molecule has 0 radical (unpaired) electrons. The summed E-state index contributed by atoms with van der Waals surface area (Å²) in [4.78, 5) is 0. The molecule has 0 aromatic heterocycles. The van der Waals surface area contributed by atoms with Crippen molar-refractivity contribution in [2.24, 2.45) is 5.73 Å². The predicted octanol–water partition coefficient (Wildman–Crippen LogP) is 3.62. The van der Waals surface area contributed by atoms with Crippen molar-refractivity contribution in [2.75, 3.05) is 0 Å². The van der Waals surface area contributed by atoms with Crippen molar-refractivity contribution in [3.05, 3.63) is 32.7 Å². The maximum atomic E-state index is 5.89. The first-order valence-electron chi connectivity index (χ1n) is 3.85. The molecule has 0 bridgehead atoms. The first-order chi connectivity index (χ1) is 5.63. The van der Waals surface area contributed by atoms with Gasteiger partial charge in [-0.2, -0.15) is 0 Å². The number of halogens is 2. The number of nitrogens with two attached hydrogens (primary N) is 1. The van der Waals surface area contributed by atoms with E-state index in [1.54, 1.807) is 0 Å². The minimum Gasteiger partial charge on any atom is -0.324 e. The molecule has 1 nitrogen and oxygen atoms in total. The standard InChI is InChI=1S/C9H11Br2N/c1-2-9(12)6-3-7(10)5-8(11)4-6/h3-5,9H,2,12H2,1H3. The molecule has 0 saturated heterocycles. The molecule has 1 rings (SSSR count). The van der Waals surface area contributed by atoms with Crippen molar-refractivity contribution in [1.29, 1.82) is 0 Å². The number of hydrogen-bond acceptors (Lipinski definition) is 1. The summed E-state index contributed by atoms with van der Waals surface area (Å²) < 4.78 is 2.13. The molecule has 0 heterocycles. The summed E-state index contributed by atoms with van der Waals surface area (Å²) in [6.45, 7) is 2.08. The smallest absolute Gasteiger partial charge is 0.0292 e. The molecule has 0 aliphatic carbocycles. The van der Waals surface area contributed by atoms with Gasteiger partial charge in [0.25, 0.3) is 0 Å². The Bertz CT molecular complexity index is 253. The van der Waals surface area contributed by atoms with Crippen LogP contribution in [0.25, 0.3) is 0 Å². The van der Waals surface area contributed by atoms with E-state index in [1.165, 1.54) is 5.56 Å². The van der Waals surface area contributed by atoms with Crippen LogP contribution < -0.4 is 5.73 Å². The summed E-state index contributed by atoms with van der Waals surface area (Å²) in [5.41, 5.74) is 7.06. The van der Waals surface area contributed by atoms with E-state index in [2.05, 4.69) is 50.9 Å². The third-order valence-corrected chi connectivity index (χ3v) is 2.67. The Morgan fingerprint density at radius 3 is 2.17 bits per heavy atom. The van der Waals surface area contributed by atoms with Crippen LogP contribution in [0.15, 0.2) is 27.1 Å². The molecule has 2 N–H and O–H groups in total. The van der Waals surface area contributed by atoms with Crippen LogP contribution in [0.5, 0.6) is 0 Å². The van der Waals surface area contributed by atoms with E-state index in [0.29, 0.717) is 0 Å². The van der Waals surface area contributed by atoms with Crippen molar-refractivity contribution in [3.8, 4) is 0 Å². The molecular weight excluding hydrogens is 282 g/mol. The first-order valence-corrected chi connectivity index (χ1v) is 5.43. The molecule has 0 fully saturated rings. The van der Waals surface area contributed by atoms with Crippen LogP contribution in [-0.4, -0.2) is 0 Å². The lowest BCUT2D eigenvalue weighted by atomic mass is 10.1. The second-order valence-electron chi connectivity index (χ2n) is 2.72. The first kappa shape index (κ1) is 10.2. The summed E-state index contributed by atoms with van der Waals surface area (Å²) in [5, 5.41) is 0. The molecule has 1 atom stereocenters. The van der Waals surface area contributed by atoms with Gasteiger partial charge in [0.1, 0.15) is 0 Å². The number of benzene rings is 1. The Morgan fingerprint density at radius 2 is 1.75 bits per heavy atom. The summed E-state index contributed by atoms with van der Waals surface area (Å²) >= 11 is 6.85. The zero-order valence-corrected chi connectivity index (χ0v) is 10.0. The van der Waals surface area contributed by atoms with E-state index in [9.17, 15) is 0 Å². The molecule has 1 aromatic carbocycles. The average molecular weight is 293 g/mol. The van der Waals surface area contributed by atoms with Crippen molar-refractivity contribution >= 4 is 31.9 Å². The molecule has 0 amide bonds. The Kier molecular flexibility index (Phi) is 3.75. The summed E-state index contributed by atoms with van der Waals surface area (Å²) in [6, 6.07) is 6.25. The zero-order valence-electron chi connectivity index (χ0n) is 6.85. The highest BCUT2D eigenvalue weighted by Gasteiger charge is 2.04. The van der Waals surface area contributed by atoms with Crippen LogP contribution >= 0.6 is 31.9 Å². The fourth-order valence-electron chi connectivity index (χ4n) is 1.02. The van der Waals surface area contributed by atoms with Gasteiger partial charge in [-0.1, -0.05) is 38.8 Å². The fourth-order valence-corrected chi connectivity index (χ4v) is 2.35. The summed E-state index contributed by atoms with van der Waals surface area (Å²) in [5.74, 6) is 0. The highest BCUT2D eigenvalue weighted by Crippen LogP contribution is 2.24. The van der Waals surface area contributed by atoms with E-state index < -0.39 is 0 Å². The average Bonchev–Trinajstić information content (AvgIpc) is 2.01. The second-order valence-corrected chi connectivity index (χ2v) is 4.55. The van der Waals surface area contributed by atoms with Crippen LogP contribution in [0.4, 0.5) is 0 Å². The Hall–Kier alpha value is 0.140. The van der Waals surface area contributed by atoms with Crippen LogP contribution in [0.1, 0.15) is 24.9 Å². The Labute approximate surface area is 89.6 Å². The Morgan fingerprint density at radius 1 is 1.25 bits per heavy atom. The summed E-state index contributed by atoms with van der Waals surface area (Å²) in [6.07, 6.45) is 0.961. The van der Waals surface area contributed by atoms with E-state index in [1.807, 2.05) is 6.07 Å². The highest BCUT2D eigenvalue weighted by atomic mass is 79.9. The van der Waals surface area contributed by atoms with Crippen molar-refractivity contribution in [1.82, 2.24) is 0 Å². The molecule has 0 aliphatic heterocycles. The lowest BCUT2D eigenvalue weighted by Crippen LogP contribution is -2.08. The van der Waals surface area contributed by atoms with E-state index in [0.717, 1.165) is 15.4 Å². The number of hydrogen-bond donors (Lipinski definition) is 1. The molecule has 3 heteroatoms. The normalized spacial score (nSPS) is 13.0. The molecule has 0 spiro atoms. The van der Waals surface area contributed by atoms with Crippen LogP contribution in [-0.2, 0) is 0 Å². The van der Waals surface area contributed by atoms with Gasteiger partial charge in [-0.3, -0.25) is 0 Å². The lowest BCUT2D eigenvalue weighted by molar-refractivity contribution is 0.698. The van der Waals surface area contributed by atoms with Gasteiger partial charge in [0.15, 0.2) is 0 Å². The molecule has 0 aliphatic rings. The molecule has 1 unspecified atom stereocenters. The molecule has 1 aromatic rings. The maximum Gasteiger partial charge on any atom is 0.0292 e. The topological polar surface area (TPSA) is 26.0 Å². The van der Waals surface area contributed by atoms with Gasteiger partial charge in [-0.05, 0) is 30.2 Å². The van der Waals surface area contributed by atoms with E-state index in [-0.39, 0.29) is 6.04 Å². The fraction of sp³-hybridized carbons (Fsp3) is 0.333. The van der Waals surface area contributed by atoms with E-state index >= 15 is 0 Å². The van der Waals surface area contributed by atoms with Crippen molar-refractivity contribution in [3.63, 3.8) is 0 Å². The van der Waals surface area contributed by atoms with Crippen molar-refractivity contribution in [2.45, 2.75) is 19.4 Å². The quantitative estimate of drug-likeness (QED) is 0.885. The van der Waals surface area contributed by atoms with Gasteiger partial charge in [0.05, 0.1) is 0 Å². The predicted molar refractivity (Wildman–Crippen MR) is 59.1 cm³/mol. The molecular formula is C9H11Br2N. The second kappa shape index (κ2) is 4.40. The third kappa shape index (κ3) is 2.57. The SMILES string of the molecule is CCC(N)c1cc(Br)cc(Br)c1. The number of rotatable bonds is 2. The van der Waals surface area contributed by atoms with Crippen molar-refractivity contribution < 1.29 is 0 Å². The molecule has 12 heavy (non-hydrogen) atoms. The lowest BCUT2D eigenvalue weighted by Gasteiger charge is -2.09. The van der Waals surface area contributed by atoms with Gasteiger partial charge in [0, 0.05) is 15.0 Å². The highest BCUT2D eigenvalue weighted by molar-refractivity contribution is 9.11. The summed E-state index contributed by atoms with van der Waals surface area (Å²) in [7, 11) is 0. The minimum absolute atomic E-state index is 0.138. The van der Waals surface area contributed by atoms with Gasteiger partial charge < -0.3 is 5.73 Å².